The number of benzene rings is 1. The fourth-order valence-corrected chi connectivity index (χ4v) is 1.91. The van der Waals surface area contributed by atoms with Gasteiger partial charge in [-0.15, -0.1) is 0 Å². The van der Waals surface area contributed by atoms with Gasteiger partial charge in [-0.2, -0.15) is 0 Å². The molecular formula is C14H14O3. The highest BCUT2D eigenvalue weighted by Gasteiger charge is 2.24. The van der Waals surface area contributed by atoms with Gasteiger partial charge in [0.2, 0.25) is 0 Å². The third-order valence-corrected chi connectivity index (χ3v) is 2.76. The van der Waals surface area contributed by atoms with Gasteiger partial charge in [0.15, 0.2) is 0 Å². The van der Waals surface area contributed by atoms with E-state index in [0.717, 1.165) is 11.1 Å². The number of carbonyl (C=O) groups is 1. The van der Waals surface area contributed by atoms with Gasteiger partial charge in [0, 0.05) is 11.5 Å². The summed E-state index contributed by atoms with van der Waals surface area (Å²) in [5.74, 6) is -0.567. The predicted molar refractivity (Wildman–Crippen MR) is 65.4 cm³/mol. The van der Waals surface area contributed by atoms with Gasteiger partial charge < -0.3 is 9.84 Å². The molecule has 0 spiro atoms. The molecule has 3 nitrogen and oxygen atoms in total. The Balaban J connectivity index is 2.13. The minimum absolute atomic E-state index is 0.00986. The minimum atomic E-state index is -0.453. The fraction of sp³-hybridized carbons (Fsp3) is 0.214. The minimum Gasteiger partial charge on any atom is -0.460 e. The van der Waals surface area contributed by atoms with Gasteiger partial charge in [0.05, 0.1) is 6.61 Å². The van der Waals surface area contributed by atoms with Gasteiger partial charge in [-0.3, -0.25) is 0 Å². The average Bonchev–Trinajstić information content (AvgIpc) is 2.78. The molecule has 0 aromatic heterocycles. The molecule has 0 aliphatic heterocycles. The van der Waals surface area contributed by atoms with Crippen molar-refractivity contribution in [3.8, 4) is 0 Å². The third kappa shape index (κ3) is 2.29. The Bertz CT molecular complexity index is 474. The Morgan fingerprint density at radius 2 is 2.18 bits per heavy atom. The summed E-state index contributed by atoms with van der Waals surface area (Å²) in [5, 5.41) is 8.60. The van der Waals surface area contributed by atoms with Crippen molar-refractivity contribution in [2.24, 2.45) is 0 Å². The highest BCUT2D eigenvalue weighted by Crippen LogP contribution is 2.34. The molecule has 2 rings (SSSR count). The highest BCUT2D eigenvalue weighted by atomic mass is 16.5. The van der Waals surface area contributed by atoms with Crippen molar-refractivity contribution in [3.63, 3.8) is 0 Å². The van der Waals surface area contributed by atoms with E-state index < -0.39 is 5.97 Å². The first-order valence-electron chi connectivity index (χ1n) is 5.48. The summed E-state index contributed by atoms with van der Waals surface area (Å²) in [6.45, 7) is 3.62. The molecule has 0 saturated heterocycles. The van der Waals surface area contributed by atoms with Crippen molar-refractivity contribution >= 4 is 12.0 Å². The lowest BCUT2D eigenvalue weighted by molar-refractivity contribution is -0.140. The van der Waals surface area contributed by atoms with Crippen molar-refractivity contribution in [2.75, 3.05) is 13.2 Å². The first-order chi connectivity index (χ1) is 8.24. The van der Waals surface area contributed by atoms with E-state index in [9.17, 15) is 4.79 Å². The Kier molecular flexibility index (Phi) is 3.40. The fourth-order valence-electron chi connectivity index (χ4n) is 1.91. The zero-order chi connectivity index (χ0) is 12.3. The molecule has 1 atom stereocenters. The normalized spacial score (nSPS) is 16.6. The number of aliphatic hydroxyl groups excluding tert-OH is 1. The maximum Gasteiger partial charge on any atom is 0.334 e. The van der Waals surface area contributed by atoms with Gasteiger partial charge in [-0.05, 0) is 11.1 Å². The lowest BCUT2D eigenvalue weighted by atomic mass is 9.94. The summed E-state index contributed by atoms with van der Waals surface area (Å²) in [6.07, 6.45) is 3.91. The molecule has 0 amide bonds. The van der Waals surface area contributed by atoms with Crippen molar-refractivity contribution in [1.82, 2.24) is 0 Å². The first-order valence-corrected chi connectivity index (χ1v) is 5.48. The summed E-state index contributed by atoms with van der Waals surface area (Å²) in [4.78, 5) is 11.6. The van der Waals surface area contributed by atoms with Crippen LogP contribution in [-0.2, 0) is 9.53 Å². The van der Waals surface area contributed by atoms with Gasteiger partial charge in [0.1, 0.15) is 6.61 Å². The van der Waals surface area contributed by atoms with E-state index >= 15 is 0 Å². The van der Waals surface area contributed by atoms with E-state index in [2.05, 4.69) is 6.58 Å². The van der Waals surface area contributed by atoms with Crippen LogP contribution < -0.4 is 0 Å². The van der Waals surface area contributed by atoms with Gasteiger partial charge in [-0.1, -0.05) is 43.0 Å². The maximum atomic E-state index is 11.6. The van der Waals surface area contributed by atoms with Crippen LogP contribution in [0.2, 0.25) is 0 Å². The lowest BCUT2D eigenvalue weighted by Crippen LogP contribution is -2.14. The number of aliphatic hydroxyl groups is 1. The Hall–Kier alpha value is -1.87. The number of esters is 1. The zero-order valence-corrected chi connectivity index (χ0v) is 9.43. The summed E-state index contributed by atoms with van der Waals surface area (Å²) in [6, 6.07) is 7.87. The van der Waals surface area contributed by atoms with Crippen molar-refractivity contribution in [2.45, 2.75) is 5.92 Å². The highest BCUT2D eigenvalue weighted by molar-refractivity contribution is 5.91. The van der Waals surface area contributed by atoms with Crippen LogP contribution in [0.1, 0.15) is 17.0 Å². The van der Waals surface area contributed by atoms with E-state index in [4.69, 9.17) is 9.84 Å². The molecule has 0 heterocycles. The van der Waals surface area contributed by atoms with Gasteiger partial charge >= 0.3 is 5.97 Å². The van der Waals surface area contributed by atoms with Crippen LogP contribution in [0.5, 0.6) is 0 Å². The molecule has 1 N–H and O–H groups in total. The standard InChI is InChI=1S/C14H14O3/c1-10(14(16)17-9-8-15)12-7-6-11-4-2-3-5-13(11)12/h2-7,12,15H,1,8-9H2. The van der Waals surface area contributed by atoms with Crippen LogP contribution in [-0.4, -0.2) is 24.3 Å². The molecule has 1 unspecified atom stereocenters. The zero-order valence-electron chi connectivity index (χ0n) is 9.43. The smallest absolute Gasteiger partial charge is 0.334 e. The number of allylic oxidation sites excluding steroid dienone is 1. The summed E-state index contributed by atoms with van der Waals surface area (Å²) < 4.78 is 4.86. The molecule has 17 heavy (non-hydrogen) atoms. The first kappa shape index (κ1) is 11.6. The Morgan fingerprint density at radius 3 is 2.94 bits per heavy atom. The van der Waals surface area contributed by atoms with Crippen LogP contribution in [0.15, 0.2) is 42.5 Å². The summed E-state index contributed by atoms with van der Waals surface area (Å²) >= 11 is 0. The molecule has 1 aliphatic carbocycles. The van der Waals surface area contributed by atoms with Gasteiger partial charge in [-0.25, -0.2) is 4.79 Å². The quantitative estimate of drug-likeness (QED) is 0.634. The molecule has 0 saturated carbocycles. The molecule has 0 bridgehead atoms. The molecule has 1 aliphatic rings. The second-order valence-corrected chi connectivity index (χ2v) is 3.85. The lowest BCUT2D eigenvalue weighted by Gasteiger charge is -2.13. The topological polar surface area (TPSA) is 46.5 Å². The summed E-state index contributed by atoms with van der Waals surface area (Å²) in [7, 11) is 0. The van der Waals surface area contributed by atoms with Crippen LogP contribution in [0.4, 0.5) is 0 Å². The van der Waals surface area contributed by atoms with Crippen LogP contribution in [0.3, 0.4) is 0 Å². The van der Waals surface area contributed by atoms with Crippen molar-refractivity contribution < 1.29 is 14.6 Å². The second kappa shape index (κ2) is 4.97. The number of ether oxygens (including phenoxy) is 1. The number of hydrogen-bond donors (Lipinski definition) is 1. The van der Waals surface area contributed by atoms with E-state index in [-0.39, 0.29) is 19.1 Å². The maximum absolute atomic E-state index is 11.6. The predicted octanol–water partition coefficient (Wildman–Crippen LogP) is 1.89. The number of carbonyl (C=O) groups excluding carboxylic acids is 1. The molecule has 0 radical (unpaired) electrons. The van der Waals surface area contributed by atoms with Crippen molar-refractivity contribution in [1.29, 1.82) is 0 Å². The molecule has 1 aromatic rings. The summed E-state index contributed by atoms with van der Waals surface area (Å²) in [5.41, 5.74) is 2.58. The largest absolute Gasteiger partial charge is 0.460 e. The van der Waals surface area contributed by atoms with Crippen LogP contribution in [0.25, 0.3) is 6.08 Å². The van der Waals surface area contributed by atoms with E-state index in [1.165, 1.54) is 0 Å². The second-order valence-electron chi connectivity index (χ2n) is 3.85. The van der Waals surface area contributed by atoms with E-state index in [1.54, 1.807) is 0 Å². The third-order valence-electron chi connectivity index (χ3n) is 2.76. The van der Waals surface area contributed by atoms with E-state index in [1.807, 2.05) is 36.4 Å². The number of fused-ring (bicyclic) bond motifs is 1. The molecule has 3 heteroatoms. The monoisotopic (exact) mass is 230 g/mol. The molecule has 0 fully saturated rings. The average molecular weight is 230 g/mol. The molecule has 88 valence electrons. The number of hydrogen-bond acceptors (Lipinski definition) is 3. The Morgan fingerprint density at radius 1 is 1.41 bits per heavy atom. The number of rotatable bonds is 4. The van der Waals surface area contributed by atoms with Crippen LogP contribution >= 0.6 is 0 Å². The van der Waals surface area contributed by atoms with Crippen LogP contribution in [0, 0.1) is 0 Å². The van der Waals surface area contributed by atoms with Gasteiger partial charge in [0.25, 0.3) is 0 Å². The molecular weight excluding hydrogens is 216 g/mol. The van der Waals surface area contributed by atoms with E-state index in [0.29, 0.717) is 5.57 Å². The molecule has 1 aromatic carbocycles. The van der Waals surface area contributed by atoms with Crippen molar-refractivity contribution in [3.05, 3.63) is 53.6 Å². The Labute approximate surface area is 100 Å². The SMILES string of the molecule is C=C(C(=O)OCCO)C1C=Cc2ccccc21.